The molecule has 116 valence electrons. The molecular weight excluding hydrogens is 270 g/mol. The molecule has 1 N–H and O–H groups in total. The zero-order valence-corrected chi connectivity index (χ0v) is 13.1. The molecule has 0 heterocycles. The average molecular weight is 293 g/mol. The second kappa shape index (κ2) is 8.42. The monoisotopic (exact) mass is 293 g/mol. The van der Waals surface area contributed by atoms with Crippen molar-refractivity contribution in [2.45, 2.75) is 33.2 Å². The Hall–Kier alpha value is -1.88. The molecule has 5 nitrogen and oxygen atoms in total. The highest BCUT2D eigenvalue weighted by molar-refractivity contribution is 6.02. The summed E-state index contributed by atoms with van der Waals surface area (Å²) in [5.74, 6) is 0.245. The van der Waals surface area contributed by atoms with Crippen LogP contribution < -0.4 is 10.1 Å². The molecule has 0 aliphatic rings. The number of ether oxygens (including phenoxy) is 2. The number of benzene rings is 1. The van der Waals surface area contributed by atoms with Crippen LogP contribution in [0.4, 0.5) is 0 Å². The van der Waals surface area contributed by atoms with E-state index in [1.807, 2.05) is 13.8 Å². The largest absolute Gasteiger partial charge is 0.496 e. The molecule has 0 bridgehead atoms. The number of esters is 1. The van der Waals surface area contributed by atoms with Crippen LogP contribution in [0.1, 0.15) is 36.2 Å². The van der Waals surface area contributed by atoms with Crippen molar-refractivity contribution in [3.63, 3.8) is 0 Å². The van der Waals surface area contributed by atoms with E-state index in [1.165, 1.54) is 0 Å². The second-order valence-corrected chi connectivity index (χ2v) is 4.67. The lowest BCUT2D eigenvalue weighted by Crippen LogP contribution is -2.39. The number of carbonyl (C=O) groups excluding carboxylic acids is 2. The lowest BCUT2D eigenvalue weighted by Gasteiger charge is -2.16. The van der Waals surface area contributed by atoms with Crippen molar-refractivity contribution in [1.82, 2.24) is 5.32 Å². The summed E-state index contributed by atoms with van der Waals surface area (Å²) in [5.41, 5.74) is 1.44. The molecule has 0 aliphatic carbocycles. The number of Topliss-reactive ketones (excluding diaryl/α,β-unsaturated/α-hetero) is 1. The molecule has 0 aliphatic heterocycles. The summed E-state index contributed by atoms with van der Waals surface area (Å²) in [6, 6.07) is 4.68. The van der Waals surface area contributed by atoms with Crippen LogP contribution in [-0.4, -0.2) is 38.1 Å². The standard InChI is InChI=1S/C16H23NO4/c1-5-17-13(10-15(18)21-6-2)16(19)12-7-8-14(20-4)11(3)9-12/h7-9,13,17H,5-6,10H2,1-4H3. The van der Waals surface area contributed by atoms with Crippen LogP contribution in [0.15, 0.2) is 18.2 Å². The SMILES string of the molecule is CCNC(CC(=O)OCC)C(=O)c1ccc(OC)c(C)c1. The predicted molar refractivity (Wildman–Crippen MR) is 80.8 cm³/mol. The third kappa shape index (κ3) is 4.86. The molecule has 1 atom stereocenters. The van der Waals surface area contributed by atoms with Crippen molar-refractivity contribution >= 4 is 11.8 Å². The highest BCUT2D eigenvalue weighted by Crippen LogP contribution is 2.19. The Morgan fingerprint density at radius 2 is 2.00 bits per heavy atom. The van der Waals surface area contributed by atoms with Gasteiger partial charge in [-0.1, -0.05) is 6.92 Å². The number of carbonyl (C=O) groups is 2. The van der Waals surface area contributed by atoms with Crippen molar-refractivity contribution in [3.05, 3.63) is 29.3 Å². The molecule has 1 aromatic carbocycles. The number of likely N-dealkylation sites (N-methyl/N-ethyl adjacent to an activating group) is 1. The van der Waals surface area contributed by atoms with Gasteiger partial charge >= 0.3 is 5.97 Å². The van der Waals surface area contributed by atoms with Crippen molar-refractivity contribution in [1.29, 1.82) is 0 Å². The summed E-state index contributed by atoms with van der Waals surface area (Å²) in [7, 11) is 1.59. The van der Waals surface area contributed by atoms with Crippen molar-refractivity contribution < 1.29 is 19.1 Å². The topological polar surface area (TPSA) is 64.6 Å². The minimum atomic E-state index is -0.568. The highest BCUT2D eigenvalue weighted by Gasteiger charge is 2.23. The maximum atomic E-state index is 12.5. The number of hydrogen-bond acceptors (Lipinski definition) is 5. The van der Waals surface area contributed by atoms with Gasteiger partial charge in [-0.3, -0.25) is 9.59 Å². The minimum absolute atomic E-state index is 0.0333. The Kier molecular flexibility index (Phi) is 6.88. The maximum absolute atomic E-state index is 12.5. The van der Waals surface area contributed by atoms with E-state index in [1.54, 1.807) is 32.2 Å². The fourth-order valence-corrected chi connectivity index (χ4v) is 2.12. The van der Waals surface area contributed by atoms with Gasteiger partial charge in [0.1, 0.15) is 5.75 Å². The summed E-state index contributed by atoms with van der Waals surface area (Å²) in [6.45, 7) is 6.43. The molecule has 0 fully saturated rings. The summed E-state index contributed by atoms with van der Waals surface area (Å²) in [6.07, 6.45) is 0.0333. The van der Waals surface area contributed by atoms with Crippen LogP contribution in [0.2, 0.25) is 0 Å². The maximum Gasteiger partial charge on any atom is 0.307 e. The van der Waals surface area contributed by atoms with Gasteiger partial charge in [-0.25, -0.2) is 0 Å². The highest BCUT2D eigenvalue weighted by atomic mass is 16.5. The van der Waals surface area contributed by atoms with Crippen LogP contribution >= 0.6 is 0 Å². The zero-order chi connectivity index (χ0) is 15.8. The van der Waals surface area contributed by atoms with Crippen LogP contribution in [0, 0.1) is 6.92 Å². The number of hydrogen-bond donors (Lipinski definition) is 1. The molecule has 1 rings (SSSR count). The normalized spacial score (nSPS) is 11.8. The number of rotatable bonds is 8. The van der Waals surface area contributed by atoms with Crippen LogP contribution in [-0.2, 0) is 9.53 Å². The Labute approximate surface area is 125 Å². The number of nitrogens with one attached hydrogen (secondary N) is 1. The summed E-state index contributed by atoms with van der Waals surface area (Å²) < 4.78 is 10.1. The van der Waals surface area contributed by atoms with Crippen molar-refractivity contribution in [2.75, 3.05) is 20.3 Å². The summed E-state index contributed by atoms with van der Waals surface area (Å²) in [5, 5.41) is 3.04. The Bertz CT molecular complexity index is 499. The van der Waals surface area contributed by atoms with Gasteiger partial charge < -0.3 is 14.8 Å². The molecular formula is C16H23NO4. The van der Waals surface area contributed by atoms with Gasteiger partial charge in [0.05, 0.1) is 26.2 Å². The second-order valence-electron chi connectivity index (χ2n) is 4.67. The number of methoxy groups -OCH3 is 1. The van der Waals surface area contributed by atoms with Crippen LogP contribution in [0.3, 0.4) is 0 Å². The Morgan fingerprint density at radius 3 is 2.52 bits per heavy atom. The lowest BCUT2D eigenvalue weighted by molar-refractivity contribution is -0.143. The van der Waals surface area contributed by atoms with Crippen LogP contribution in [0.5, 0.6) is 5.75 Å². The first-order valence-corrected chi connectivity index (χ1v) is 7.11. The molecule has 0 saturated heterocycles. The first-order valence-electron chi connectivity index (χ1n) is 7.11. The van der Waals surface area contributed by atoms with E-state index in [0.29, 0.717) is 18.7 Å². The van der Waals surface area contributed by atoms with Gasteiger partial charge in [0.15, 0.2) is 5.78 Å². The van der Waals surface area contributed by atoms with Gasteiger partial charge in [-0.15, -0.1) is 0 Å². The molecule has 0 radical (unpaired) electrons. The smallest absolute Gasteiger partial charge is 0.307 e. The Morgan fingerprint density at radius 1 is 1.29 bits per heavy atom. The average Bonchev–Trinajstić information content (AvgIpc) is 2.46. The van der Waals surface area contributed by atoms with E-state index < -0.39 is 6.04 Å². The molecule has 0 saturated carbocycles. The predicted octanol–water partition coefficient (Wildman–Crippen LogP) is 2.12. The molecule has 0 spiro atoms. The quantitative estimate of drug-likeness (QED) is 0.587. The number of ketones is 1. The van der Waals surface area contributed by atoms with Gasteiger partial charge in [-0.2, -0.15) is 0 Å². The third-order valence-electron chi connectivity index (χ3n) is 3.12. The molecule has 5 heteroatoms. The molecule has 1 aromatic rings. The lowest BCUT2D eigenvalue weighted by atomic mass is 9.99. The fourth-order valence-electron chi connectivity index (χ4n) is 2.12. The zero-order valence-electron chi connectivity index (χ0n) is 13.1. The van der Waals surface area contributed by atoms with Crippen molar-refractivity contribution in [2.24, 2.45) is 0 Å². The van der Waals surface area contributed by atoms with E-state index in [-0.39, 0.29) is 18.2 Å². The minimum Gasteiger partial charge on any atom is -0.496 e. The third-order valence-corrected chi connectivity index (χ3v) is 3.12. The molecule has 0 aromatic heterocycles. The van der Waals surface area contributed by atoms with Gasteiger partial charge in [0, 0.05) is 5.56 Å². The Balaban J connectivity index is 2.89. The van der Waals surface area contributed by atoms with E-state index in [4.69, 9.17) is 9.47 Å². The van der Waals surface area contributed by atoms with E-state index in [0.717, 1.165) is 11.3 Å². The van der Waals surface area contributed by atoms with Crippen LogP contribution in [0.25, 0.3) is 0 Å². The van der Waals surface area contributed by atoms with E-state index in [2.05, 4.69) is 5.32 Å². The number of aryl methyl sites for hydroxylation is 1. The first kappa shape index (κ1) is 17.2. The van der Waals surface area contributed by atoms with Crippen molar-refractivity contribution in [3.8, 4) is 5.75 Å². The van der Waals surface area contributed by atoms with Gasteiger partial charge in [-0.05, 0) is 44.2 Å². The van der Waals surface area contributed by atoms with E-state index >= 15 is 0 Å². The molecule has 0 amide bonds. The summed E-state index contributed by atoms with van der Waals surface area (Å²) in [4.78, 5) is 24.1. The van der Waals surface area contributed by atoms with E-state index in [9.17, 15) is 9.59 Å². The molecule has 21 heavy (non-hydrogen) atoms. The summed E-state index contributed by atoms with van der Waals surface area (Å²) >= 11 is 0. The fraction of sp³-hybridized carbons (Fsp3) is 0.500. The van der Waals surface area contributed by atoms with Gasteiger partial charge in [0.2, 0.25) is 0 Å². The first-order chi connectivity index (χ1) is 10.0. The molecule has 1 unspecified atom stereocenters. The van der Waals surface area contributed by atoms with Gasteiger partial charge in [0.25, 0.3) is 0 Å².